The molecule has 0 aliphatic carbocycles. The highest BCUT2D eigenvalue weighted by molar-refractivity contribution is 5.98. The Hall–Kier alpha value is -3.23. The number of aromatic nitrogens is 2. The Morgan fingerprint density at radius 1 is 1.26 bits per heavy atom. The van der Waals surface area contributed by atoms with E-state index in [1.54, 1.807) is 13.8 Å². The Morgan fingerprint density at radius 2 is 1.96 bits per heavy atom. The molecule has 2 rings (SSSR count). The minimum absolute atomic E-state index is 0.0726. The van der Waals surface area contributed by atoms with Crippen LogP contribution in [0.4, 0.5) is 5.69 Å². The topological polar surface area (TPSA) is 119 Å². The summed E-state index contributed by atoms with van der Waals surface area (Å²) in [5.41, 5.74) is 5.48. The molecule has 0 saturated heterocycles. The normalized spacial score (nSPS) is 10.2. The SMILES string of the molecule is Cc1cc(C)n(CC(=O)NNC(=O)c2ccccc2[N+](=O)[O-])n1. The lowest BCUT2D eigenvalue weighted by Gasteiger charge is -2.08. The second-order valence-electron chi connectivity index (χ2n) is 4.86. The molecule has 23 heavy (non-hydrogen) atoms. The van der Waals surface area contributed by atoms with E-state index in [4.69, 9.17) is 0 Å². The number of amides is 2. The Kier molecular flexibility index (Phi) is 4.69. The van der Waals surface area contributed by atoms with Gasteiger partial charge in [0.05, 0.1) is 10.6 Å². The molecule has 0 fully saturated rings. The molecule has 1 aromatic heterocycles. The van der Waals surface area contributed by atoms with Crippen molar-refractivity contribution in [3.8, 4) is 0 Å². The molecule has 2 aromatic rings. The van der Waals surface area contributed by atoms with E-state index in [0.717, 1.165) is 11.4 Å². The fraction of sp³-hybridized carbons (Fsp3) is 0.214. The number of nitrogens with one attached hydrogen (secondary N) is 2. The fourth-order valence-electron chi connectivity index (χ4n) is 2.03. The van der Waals surface area contributed by atoms with Crippen LogP contribution in [0, 0.1) is 24.0 Å². The molecule has 0 aliphatic heterocycles. The van der Waals surface area contributed by atoms with Gasteiger partial charge in [-0.1, -0.05) is 12.1 Å². The molecular formula is C14H15N5O4. The average molecular weight is 317 g/mol. The van der Waals surface area contributed by atoms with Gasteiger partial charge in [0, 0.05) is 11.8 Å². The van der Waals surface area contributed by atoms with Crippen molar-refractivity contribution < 1.29 is 14.5 Å². The van der Waals surface area contributed by atoms with Crippen molar-refractivity contribution in [2.24, 2.45) is 0 Å². The number of carbonyl (C=O) groups excluding carboxylic acids is 2. The van der Waals surface area contributed by atoms with Crippen molar-refractivity contribution in [3.05, 3.63) is 57.4 Å². The van der Waals surface area contributed by atoms with Crippen LogP contribution in [-0.4, -0.2) is 26.5 Å². The van der Waals surface area contributed by atoms with Crippen molar-refractivity contribution in [2.45, 2.75) is 20.4 Å². The molecule has 0 atom stereocenters. The van der Waals surface area contributed by atoms with E-state index >= 15 is 0 Å². The van der Waals surface area contributed by atoms with Gasteiger partial charge >= 0.3 is 0 Å². The van der Waals surface area contributed by atoms with Gasteiger partial charge in [0.2, 0.25) is 0 Å². The molecule has 0 saturated carbocycles. The van der Waals surface area contributed by atoms with Crippen LogP contribution >= 0.6 is 0 Å². The summed E-state index contributed by atoms with van der Waals surface area (Å²) in [6.07, 6.45) is 0. The van der Waals surface area contributed by atoms with Gasteiger partial charge in [-0.3, -0.25) is 35.2 Å². The quantitative estimate of drug-likeness (QED) is 0.640. The molecule has 2 amide bonds. The van der Waals surface area contributed by atoms with E-state index in [9.17, 15) is 19.7 Å². The van der Waals surface area contributed by atoms with Crippen LogP contribution in [0.3, 0.4) is 0 Å². The zero-order valence-corrected chi connectivity index (χ0v) is 12.6. The number of benzene rings is 1. The number of hydrogen-bond donors (Lipinski definition) is 2. The maximum atomic E-state index is 11.9. The van der Waals surface area contributed by atoms with E-state index in [1.807, 2.05) is 6.07 Å². The zero-order valence-electron chi connectivity index (χ0n) is 12.6. The van der Waals surface area contributed by atoms with Crippen LogP contribution in [0.1, 0.15) is 21.7 Å². The number of carbonyl (C=O) groups is 2. The smallest absolute Gasteiger partial charge is 0.271 e. The Bertz CT molecular complexity index is 768. The predicted molar refractivity (Wildman–Crippen MR) is 80.4 cm³/mol. The Labute approximate surface area is 131 Å². The number of nitrogens with zero attached hydrogens (tertiary/aromatic N) is 3. The van der Waals surface area contributed by atoms with Crippen molar-refractivity contribution in [2.75, 3.05) is 0 Å². The van der Waals surface area contributed by atoms with Crippen LogP contribution in [-0.2, 0) is 11.3 Å². The molecule has 0 spiro atoms. The monoisotopic (exact) mass is 317 g/mol. The van der Waals surface area contributed by atoms with E-state index < -0.39 is 16.7 Å². The summed E-state index contributed by atoms with van der Waals surface area (Å²) in [7, 11) is 0. The third kappa shape index (κ3) is 3.90. The Morgan fingerprint density at radius 3 is 2.57 bits per heavy atom. The fourth-order valence-corrected chi connectivity index (χ4v) is 2.03. The zero-order chi connectivity index (χ0) is 17.0. The van der Waals surface area contributed by atoms with Crippen LogP contribution < -0.4 is 10.9 Å². The molecule has 9 nitrogen and oxygen atoms in total. The van der Waals surface area contributed by atoms with Crippen LogP contribution in [0.25, 0.3) is 0 Å². The minimum atomic E-state index is -0.765. The van der Waals surface area contributed by atoms with E-state index in [0.29, 0.717) is 0 Å². The molecule has 0 unspecified atom stereocenters. The third-order valence-electron chi connectivity index (χ3n) is 3.06. The summed E-state index contributed by atoms with van der Waals surface area (Å²) in [6, 6.07) is 7.29. The van der Waals surface area contributed by atoms with Gasteiger partial charge in [-0.2, -0.15) is 5.10 Å². The maximum Gasteiger partial charge on any atom is 0.282 e. The predicted octanol–water partition coefficient (Wildman–Crippen LogP) is 0.869. The average Bonchev–Trinajstić information content (AvgIpc) is 2.82. The molecule has 0 radical (unpaired) electrons. The van der Waals surface area contributed by atoms with Gasteiger partial charge in [0.15, 0.2) is 0 Å². The van der Waals surface area contributed by atoms with E-state index in [-0.39, 0.29) is 17.8 Å². The van der Waals surface area contributed by atoms with Crippen LogP contribution in [0.2, 0.25) is 0 Å². The molecular weight excluding hydrogens is 302 g/mol. The number of aryl methyl sites for hydroxylation is 2. The summed E-state index contributed by atoms with van der Waals surface area (Å²) in [5.74, 6) is -1.26. The van der Waals surface area contributed by atoms with Gasteiger partial charge in [0.1, 0.15) is 12.1 Å². The molecule has 0 aliphatic rings. The van der Waals surface area contributed by atoms with Gasteiger partial charge in [-0.05, 0) is 26.0 Å². The number of nitro groups is 1. The molecule has 0 bridgehead atoms. The largest absolute Gasteiger partial charge is 0.282 e. The minimum Gasteiger partial charge on any atom is -0.271 e. The lowest BCUT2D eigenvalue weighted by Crippen LogP contribution is -2.43. The molecule has 1 aromatic carbocycles. The first kappa shape index (κ1) is 16.1. The maximum absolute atomic E-state index is 11.9. The third-order valence-corrected chi connectivity index (χ3v) is 3.06. The van der Waals surface area contributed by atoms with E-state index in [2.05, 4.69) is 16.0 Å². The molecule has 2 N–H and O–H groups in total. The highest BCUT2D eigenvalue weighted by Gasteiger charge is 2.19. The van der Waals surface area contributed by atoms with Crippen molar-refractivity contribution >= 4 is 17.5 Å². The first-order valence-electron chi connectivity index (χ1n) is 6.72. The van der Waals surface area contributed by atoms with Crippen molar-refractivity contribution in [3.63, 3.8) is 0 Å². The number of hydrazine groups is 1. The highest BCUT2D eigenvalue weighted by Crippen LogP contribution is 2.16. The van der Waals surface area contributed by atoms with Crippen molar-refractivity contribution in [1.29, 1.82) is 0 Å². The second kappa shape index (κ2) is 6.69. The lowest BCUT2D eigenvalue weighted by atomic mass is 10.2. The number of rotatable bonds is 4. The molecule has 1 heterocycles. The number of para-hydroxylation sites is 1. The standard InChI is InChI=1S/C14H15N5O4/c1-9-7-10(2)18(17-9)8-13(20)15-16-14(21)11-5-3-4-6-12(11)19(22)23/h3-7H,8H2,1-2H3,(H,15,20)(H,16,21). The van der Waals surface area contributed by atoms with Gasteiger partial charge < -0.3 is 0 Å². The van der Waals surface area contributed by atoms with E-state index in [1.165, 1.54) is 28.9 Å². The van der Waals surface area contributed by atoms with Crippen molar-refractivity contribution in [1.82, 2.24) is 20.6 Å². The summed E-state index contributed by atoms with van der Waals surface area (Å²) in [4.78, 5) is 34.0. The van der Waals surface area contributed by atoms with Crippen LogP contribution in [0.5, 0.6) is 0 Å². The number of hydrogen-bond acceptors (Lipinski definition) is 5. The van der Waals surface area contributed by atoms with Gasteiger partial charge in [-0.25, -0.2) is 0 Å². The lowest BCUT2D eigenvalue weighted by molar-refractivity contribution is -0.385. The Balaban J connectivity index is 1.98. The number of nitro benzene ring substituents is 1. The summed E-state index contributed by atoms with van der Waals surface area (Å²) >= 11 is 0. The summed E-state index contributed by atoms with van der Waals surface area (Å²) in [5, 5.41) is 15.0. The summed E-state index contributed by atoms with van der Waals surface area (Å²) in [6.45, 7) is 3.54. The molecule has 120 valence electrons. The molecule has 9 heteroatoms. The first-order chi connectivity index (χ1) is 10.9. The highest BCUT2D eigenvalue weighted by atomic mass is 16.6. The van der Waals surface area contributed by atoms with Crippen LogP contribution in [0.15, 0.2) is 30.3 Å². The second-order valence-corrected chi connectivity index (χ2v) is 4.86. The van der Waals surface area contributed by atoms with Gasteiger partial charge in [-0.15, -0.1) is 0 Å². The van der Waals surface area contributed by atoms with Gasteiger partial charge in [0.25, 0.3) is 17.5 Å². The first-order valence-corrected chi connectivity index (χ1v) is 6.72. The summed E-state index contributed by atoms with van der Waals surface area (Å²) < 4.78 is 1.49.